The second-order valence-corrected chi connectivity index (χ2v) is 5.61. The van der Waals surface area contributed by atoms with E-state index < -0.39 is 0 Å². The van der Waals surface area contributed by atoms with E-state index in [0.717, 1.165) is 18.9 Å². The Morgan fingerprint density at radius 2 is 2.24 bits per heavy atom. The SMILES string of the molecule is Cc1ccc(C(C)NCCn2ccnc2C)s1. The van der Waals surface area contributed by atoms with Crippen molar-refractivity contribution < 1.29 is 0 Å². The van der Waals surface area contributed by atoms with E-state index in [4.69, 9.17) is 0 Å². The van der Waals surface area contributed by atoms with Crippen molar-refractivity contribution in [1.82, 2.24) is 14.9 Å². The second kappa shape index (κ2) is 5.47. The predicted molar refractivity (Wildman–Crippen MR) is 72.4 cm³/mol. The molecule has 0 aromatic carbocycles. The summed E-state index contributed by atoms with van der Waals surface area (Å²) in [7, 11) is 0. The Hall–Kier alpha value is -1.13. The Kier molecular flexibility index (Phi) is 3.97. The minimum absolute atomic E-state index is 0.428. The number of rotatable bonds is 5. The van der Waals surface area contributed by atoms with Crippen LogP contribution in [-0.4, -0.2) is 16.1 Å². The maximum atomic E-state index is 4.21. The Bertz CT molecular complexity index is 472. The van der Waals surface area contributed by atoms with E-state index in [1.54, 1.807) is 0 Å². The van der Waals surface area contributed by atoms with E-state index in [1.807, 2.05) is 30.7 Å². The first-order valence-electron chi connectivity index (χ1n) is 5.94. The first kappa shape index (κ1) is 12.3. The van der Waals surface area contributed by atoms with Gasteiger partial charge >= 0.3 is 0 Å². The fourth-order valence-corrected chi connectivity index (χ4v) is 2.73. The van der Waals surface area contributed by atoms with Crippen molar-refractivity contribution in [2.24, 2.45) is 0 Å². The smallest absolute Gasteiger partial charge is 0.105 e. The zero-order valence-electron chi connectivity index (χ0n) is 10.6. The fourth-order valence-electron chi connectivity index (χ4n) is 1.83. The summed E-state index contributed by atoms with van der Waals surface area (Å²) in [5.74, 6) is 1.08. The van der Waals surface area contributed by atoms with Crippen LogP contribution in [0.25, 0.3) is 0 Å². The van der Waals surface area contributed by atoms with Gasteiger partial charge in [-0.25, -0.2) is 4.98 Å². The lowest BCUT2D eigenvalue weighted by Crippen LogP contribution is -2.22. The summed E-state index contributed by atoms with van der Waals surface area (Å²) >= 11 is 1.87. The normalized spacial score (nSPS) is 12.9. The van der Waals surface area contributed by atoms with Crippen LogP contribution in [0.5, 0.6) is 0 Å². The van der Waals surface area contributed by atoms with Crippen molar-refractivity contribution in [1.29, 1.82) is 0 Å². The molecule has 0 aliphatic heterocycles. The van der Waals surface area contributed by atoms with Crippen LogP contribution in [0.1, 0.15) is 28.5 Å². The van der Waals surface area contributed by atoms with Gasteiger partial charge in [-0.05, 0) is 32.9 Å². The summed E-state index contributed by atoms with van der Waals surface area (Å²) < 4.78 is 2.17. The third-order valence-electron chi connectivity index (χ3n) is 2.91. The van der Waals surface area contributed by atoms with Gasteiger partial charge in [0.2, 0.25) is 0 Å². The summed E-state index contributed by atoms with van der Waals surface area (Å²) in [5.41, 5.74) is 0. The van der Waals surface area contributed by atoms with Gasteiger partial charge in [0.1, 0.15) is 5.82 Å². The zero-order valence-corrected chi connectivity index (χ0v) is 11.4. The van der Waals surface area contributed by atoms with E-state index >= 15 is 0 Å². The van der Waals surface area contributed by atoms with Gasteiger partial charge in [-0.2, -0.15) is 0 Å². The molecule has 1 unspecified atom stereocenters. The molecule has 3 nitrogen and oxygen atoms in total. The van der Waals surface area contributed by atoms with Crippen molar-refractivity contribution in [2.45, 2.75) is 33.4 Å². The molecule has 1 N–H and O–H groups in total. The second-order valence-electron chi connectivity index (χ2n) is 4.29. The van der Waals surface area contributed by atoms with E-state index in [0.29, 0.717) is 6.04 Å². The molecule has 2 rings (SSSR count). The highest BCUT2D eigenvalue weighted by atomic mass is 32.1. The van der Waals surface area contributed by atoms with Gasteiger partial charge in [0, 0.05) is 41.3 Å². The topological polar surface area (TPSA) is 29.9 Å². The molecule has 0 fully saturated rings. The molecule has 2 heterocycles. The van der Waals surface area contributed by atoms with Gasteiger partial charge in [0.15, 0.2) is 0 Å². The molecular weight excluding hydrogens is 230 g/mol. The molecule has 0 saturated carbocycles. The van der Waals surface area contributed by atoms with Crippen LogP contribution in [0.2, 0.25) is 0 Å². The molecular formula is C13H19N3S. The lowest BCUT2D eigenvalue weighted by Gasteiger charge is -2.12. The summed E-state index contributed by atoms with van der Waals surface area (Å²) in [6, 6.07) is 4.82. The fraction of sp³-hybridized carbons (Fsp3) is 0.462. The largest absolute Gasteiger partial charge is 0.334 e. The molecule has 0 saturated heterocycles. The molecule has 17 heavy (non-hydrogen) atoms. The van der Waals surface area contributed by atoms with Crippen LogP contribution in [0, 0.1) is 13.8 Å². The first-order valence-corrected chi connectivity index (χ1v) is 6.76. The molecule has 0 amide bonds. The van der Waals surface area contributed by atoms with Crippen LogP contribution in [0.15, 0.2) is 24.5 Å². The molecule has 92 valence electrons. The highest BCUT2D eigenvalue weighted by molar-refractivity contribution is 7.12. The number of aromatic nitrogens is 2. The van der Waals surface area contributed by atoms with Crippen LogP contribution in [0.3, 0.4) is 0 Å². The molecule has 1 atom stereocenters. The Morgan fingerprint density at radius 1 is 1.41 bits per heavy atom. The van der Waals surface area contributed by atoms with Gasteiger partial charge in [0.25, 0.3) is 0 Å². The number of aryl methyl sites for hydroxylation is 2. The number of nitrogens with one attached hydrogen (secondary N) is 1. The van der Waals surface area contributed by atoms with Gasteiger partial charge in [-0.15, -0.1) is 11.3 Å². The predicted octanol–water partition coefficient (Wildman–Crippen LogP) is 2.91. The van der Waals surface area contributed by atoms with E-state index in [9.17, 15) is 0 Å². The quantitative estimate of drug-likeness (QED) is 0.883. The van der Waals surface area contributed by atoms with Gasteiger partial charge < -0.3 is 9.88 Å². The summed E-state index contributed by atoms with van der Waals surface area (Å²) in [4.78, 5) is 6.99. The summed E-state index contributed by atoms with van der Waals surface area (Å²) in [5, 5.41) is 3.54. The van der Waals surface area contributed by atoms with Crippen LogP contribution in [0.4, 0.5) is 0 Å². The molecule has 0 bridgehead atoms. The van der Waals surface area contributed by atoms with Crippen LogP contribution < -0.4 is 5.32 Å². The highest BCUT2D eigenvalue weighted by Crippen LogP contribution is 2.21. The maximum absolute atomic E-state index is 4.21. The number of nitrogens with zero attached hydrogens (tertiary/aromatic N) is 2. The van der Waals surface area contributed by atoms with Crippen molar-refractivity contribution in [3.8, 4) is 0 Å². The Morgan fingerprint density at radius 3 is 2.82 bits per heavy atom. The van der Waals surface area contributed by atoms with Crippen molar-refractivity contribution in [2.75, 3.05) is 6.54 Å². The van der Waals surface area contributed by atoms with Crippen molar-refractivity contribution in [3.63, 3.8) is 0 Å². The molecule has 0 aliphatic rings. The molecule has 0 radical (unpaired) electrons. The summed E-state index contributed by atoms with van der Waals surface area (Å²) in [6.45, 7) is 8.34. The summed E-state index contributed by atoms with van der Waals surface area (Å²) in [6.07, 6.45) is 3.87. The minimum atomic E-state index is 0.428. The van der Waals surface area contributed by atoms with Crippen LogP contribution >= 0.6 is 11.3 Å². The number of hydrogen-bond acceptors (Lipinski definition) is 3. The molecule has 0 spiro atoms. The van der Waals surface area contributed by atoms with E-state index in [-0.39, 0.29) is 0 Å². The number of thiophene rings is 1. The van der Waals surface area contributed by atoms with Gasteiger partial charge in [-0.1, -0.05) is 0 Å². The lowest BCUT2D eigenvalue weighted by molar-refractivity contribution is 0.531. The van der Waals surface area contributed by atoms with Crippen molar-refractivity contribution in [3.05, 3.63) is 40.1 Å². The average Bonchev–Trinajstić information content (AvgIpc) is 2.88. The lowest BCUT2D eigenvalue weighted by atomic mass is 10.3. The van der Waals surface area contributed by atoms with Crippen molar-refractivity contribution >= 4 is 11.3 Å². The van der Waals surface area contributed by atoms with E-state index in [2.05, 4.69) is 40.8 Å². The van der Waals surface area contributed by atoms with Crippen LogP contribution in [-0.2, 0) is 6.54 Å². The minimum Gasteiger partial charge on any atom is -0.334 e. The van der Waals surface area contributed by atoms with Gasteiger partial charge in [-0.3, -0.25) is 0 Å². The first-order chi connectivity index (χ1) is 8.16. The zero-order chi connectivity index (χ0) is 12.3. The van der Waals surface area contributed by atoms with E-state index in [1.165, 1.54) is 9.75 Å². The Balaban J connectivity index is 1.81. The molecule has 2 aromatic rings. The third-order valence-corrected chi connectivity index (χ3v) is 4.10. The number of imidazole rings is 1. The third kappa shape index (κ3) is 3.17. The average molecular weight is 249 g/mol. The molecule has 4 heteroatoms. The standard InChI is InChI=1S/C13H19N3S/c1-10-4-5-13(17-10)11(2)14-6-8-16-9-7-15-12(16)3/h4-5,7,9,11,14H,6,8H2,1-3H3. The van der Waals surface area contributed by atoms with Gasteiger partial charge in [0.05, 0.1) is 0 Å². The molecule has 2 aromatic heterocycles. The number of hydrogen-bond donors (Lipinski definition) is 1. The highest BCUT2D eigenvalue weighted by Gasteiger charge is 2.06. The monoisotopic (exact) mass is 249 g/mol. The maximum Gasteiger partial charge on any atom is 0.105 e. The Labute approximate surface area is 107 Å². The molecule has 0 aliphatic carbocycles.